The molecule has 0 fully saturated rings. The van der Waals surface area contributed by atoms with Crippen LogP contribution in [0.2, 0.25) is 0 Å². The molecule has 0 saturated heterocycles. The highest BCUT2D eigenvalue weighted by Gasteiger charge is 2.36. The Morgan fingerprint density at radius 3 is 2.49 bits per heavy atom. The molecular formula is C26H31F2N7. The van der Waals surface area contributed by atoms with Gasteiger partial charge in [0, 0.05) is 18.4 Å². The van der Waals surface area contributed by atoms with E-state index in [0.717, 1.165) is 28.7 Å². The Balaban J connectivity index is 1.55. The Hall–Kier alpha value is -3.49. The van der Waals surface area contributed by atoms with E-state index >= 15 is 0 Å². The van der Waals surface area contributed by atoms with E-state index in [1.807, 2.05) is 55.5 Å². The SMILES string of the molecule is CCCCC(F)(F)c1nc(CCC(C)C)n(Cc2ccc(-c3cccc(-c4nnn[nH]4)c3)cc2)n1. The summed E-state index contributed by atoms with van der Waals surface area (Å²) >= 11 is 0. The van der Waals surface area contributed by atoms with Gasteiger partial charge in [0.15, 0.2) is 5.82 Å². The monoisotopic (exact) mass is 479 g/mol. The molecule has 0 atom stereocenters. The van der Waals surface area contributed by atoms with Crippen LogP contribution in [0.1, 0.15) is 63.7 Å². The molecule has 1 N–H and O–H groups in total. The van der Waals surface area contributed by atoms with Gasteiger partial charge in [-0.1, -0.05) is 69.7 Å². The zero-order valence-corrected chi connectivity index (χ0v) is 20.4. The number of unbranched alkanes of at least 4 members (excludes halogenated alkanes) is 1. The van der Waals surface area contributed by atoms with E-state index in [-0.39, 0.29) is 12.2 Å². The molecule has 35 heavy (non-hydrogen) atoms. The van der Waals surface area contributed by atoms with Crippen LogP contribution < -0.4 is 0 Å². The number of aryl methyl sites for hydroxylation is 1. The van der Waals surface area contributed by atoms with Gasteiger partial charge in [0.2, 0.25) is 5.82 Å². The molecule has 184 valence electrons. The van der Waals surface area contributed by atoms with Gasteiger partial charge in [-0.2, -0.15) is 8.78 Å². The van der Waals surface area contributed by atoms with E-state index in [9.17, 15) is 8.78 Å². The number of alkyl halides is 2. The van der Waals surface area contributed by atoms with Crippen molar-refractivity contribution in [3.8, 4) is 22.5 Å². The summed E-state index contributed by atoms with van der Waals surface area (Å²) in [6.07, 6.45) is 2.42. The van der Waals surface area contributed by atoms with Gasteiger partial charge in [-0.05, 0) is 51.9 Å². The third kappa shape index (κ3) is 6.15. The molecule has 2 aromatic carbocycles. The Bertz CT molecular complexity index is 1210. The number of aromatic amines is 1. The van der Waals surface area contributed by atoms with Crippen LogP contribution in [0.5, 0.6) is 0 Å². The second kappa shape index (κ2) is 10.8. The largest absolute Gasteiger partial charge is 0.308 e. The zero-order valence-electron chi connectivity index (χ0n) is 20.4. The third-order valence-electron chi connectivity index (χ3n) is 5.97. The maximum absolute atomic E-state index is 14.7. The lowest BCUT2D eigenvalue weighted by atomic mass is 10.0. The average Bonchev–Trinajstić information content (AvgIpc) is 3.53. The smallest absolute Gasteiger partial charge is 0.245 e. The highest BCUT2D eigenvalue weighted by atomic mass is 19.3. The van der Waals surface area contributed by atoms with Gasteiger partial charge in [-0.25, -0.2) is 14.8 Å². The van der Waals surface area contributed by atoms with Crippen molar-refractivity contribution in [2.75, 3.05) is 0 Å². The quantitative estimate of drug-likeness (QED) is 0.283. The van der Waals surface area contributed by atoms with Gasteiger partial charge in [0.1, 0.15) is 5.82 Å². The van der Waals surface area contributed by atoms with Crippen LogP contribution in [-0.2, 0) is 18.9 Å². The first kappa shape index (κ1) is 24.6. The normalized spacial score (nSPS) is 11.9. The van der Waals surface area contributed by atoms with Gasteiger partial charge in [0.05, 0.1) is 6.54 Å². The second-order valence-electron chi connectivity index (χ2n) is 9.28. The number of nitrogens with one attached hydrogen (secondary N) is 1. The maximum atomic E-state index is 14.7. The minimum atomic E-state index is -3.01. The van der Waals surface area contributed by atoms with Crippen LogP contribution in [0.3, 0.4) is 0 Å². The second-order valence-corrected chi connectivity index (χ2v) is 9.28. The number of H-pyrrole nitrogens is 1. The fraction of sp³-hybridized carbons (Fsp3) is 0.423. The minimum Gasteiger partial charge on any atom is -0.245 e. The lowest BCUT2D eigenvalue weighted by Crippen LogP contribution is -2.16. The summed E-state index contributed by atoms with van der Waals surface area (Å²) in [4.78, 5) is 4.28. The van der Waals surface area contributed by atoms with E-state index in [4.69, 9.17) is 0 Å². The summed E-state index contributed by atoms with van der Waals surface area (Å²) in [6.45, 7) is 6.53. The number of benzene rings is 2. The molecule has 0 spiro atoms. The lowest BCUT2D eigenvalue weighted by Gasteiger charge is -2.11. The molecule has 4 aromatic rings. The molecular weight excluding hydrogens is 448 g/mol. The zero-order chi connectivity index (χ0) is 24.8. The molecule has 2 aromatic heterocycles. The third-order valence-corrected chi connectivity index (χ3v) is 5.97. The van der Waals surface area contributed by atoms with Crippen molar-refractivity contribution in [3.63, 3.8) is 0 Å². The topological polar surface area (TPSA) is 85.2 Å². The fourth-order valence-electron chi connectivity index (χ4n) is 3.87. The molecule has 0 bridgehead atoms. The van der Waals surface area contributed by atoms with E-state index in [1.54, 1.807) is 4.68 Å². The molecule has 2 heterocycles. The predicted octanol–water partition coefficient (Wildman–Crippen LogP) is 6.04. The molecule has 4 rings (SSSR count). The summed E-state index contributed by atoms with van der Waals surface area (Å²) in [5.74, 6) is -1.70. The first-order valence-electron chi connectivity index (χ1n) is 12.1. The summed E-state index contributed by atoms with van der Waals surface area (Å²) < 4.78 is 31.0. The first-order valence-corrected chi connectivity index (χ1v) is 12.1. The molecule has 0 radical (unpaired) electrons. The van der Waals surface area contributed by atoms with Crippen molar-refractivity contribution in [2.45, 2.75) is 65.3 Å². The van der Waals surface area contributed by atoms with Gasteiger partial charge < -0.3 is 0 Å². The van der Waals surface area contributed by atoms with Crippen molar-refractivity contribution < 1.29 is 8.78 Å². The standard InChI is InChI=1S/C26H31F2N7/c1-4-5-15-26(27,28)25-29-23(14-9-18(2)3)35(32-25)17-19-10-12-20(13-11-19)21-7-6-8-22(16-21)24-30-33-34-31-24/h6-8,10-13,16,18H,4-5,9,14-15,17H2,1-3H3,(H,30,31,33,34). The molecule has 0 aliphatic rings. The minimum absolute atomic E-state index is 0.227. The molecule has 0 amide bonds. The Kier molecular flexibility index (Phi) is 7.63. The van der Waals surface area contributed by atoms with Crippen LogP contribution in [0, 0.1) is 5.92 Å². The van der Waals surface area contributed by atoms with Gasteiger partial charge in [-0.3, -0.25) is 0 Å². The van der Waals surface area contributed by atoms with Crippen LogP contribution in [-0.4, -0.2) is 35.4 Å². The van der Waals surface area contributed by atoms with E-state index in [1.165, 1.54) is 0 Å². The van der Waals surface area contributed by atoms with Crippen molar-refractivity contribution >= 4 is 0 Å². The molecule has 0 saturated carbocycles. The predicted molar refractivity (Wildman–Crippen MR) is 131 cm³/mol. The van der Waals surface area contributed by atoms with Crippen LogP contribution >= 0.6 is 0 Å². The summed E-state index contributed by atoms with van der Waals surface area (Å²) in [7, 11) is 0. The number of aromatic nitrogens is 7. The molecule has 0 aliphatic heterocycles. The van der Waals surface area contributed by atoms with Crippen LogP contribution in [0.4, 0.5) is 8.78 Å². The van der Waals surface area contributed by atoms with Gasteiger partial charge in [0.25, 0.3) is 0 Å². The molecule has 0 unspecified atom stereocenters. The molecule has 0 aliphatic carbocycles. The Labute approximate surface area is 204 Å². The Morgan fingerprint density at radius 2 is 1.80 bits per heavy atom. The van der Waals surface area contributed by atoms with Crippen molar-refractivity contribution in [3.05, 3.63) is 65.7 Å². The number of tetrazole rings is 1. The van der Waals surface area contributed by atoms with Crippen molar-refractivity contribution in [1.29, 1.82) is 0 Å². The number of hydrogen-bond donors (Lipinski definition) is 1. The fourth-order valence-corrected chi connectivity index (χ4v) is 3.87. The maximum Gasteiger partial charge on any atom is 0.308 e. The first-order chi connectivity index (χ1) is 16.9. The molecule has 7 nitrogen and oxygen atoms in total. The van der Waals surface area contributed by atoms with E-state index in [0.29, 0.717) is 43.4 Å². The van der Waals surface area contributed by atoms with E-state index < -0.39 is 5.92 Å². The highest BCUT2D eigenvalue weighted by Crippen LogP contribution is 2.32. The lowest BCUT2D eigenvalue weighted by molar-refractivity contribution is -0.0245. The Morgan fingerprint density at radius 1 is 1.03 bits per heavy atom. The summed E-state index contributed by atoms with van der Waals surface area (Å²) in [5.41, 5.74) is 3.93. The summed E-state index contributed by atoms with van der Waals surface area (Å²) in [5, 5.41) is 18.3. The van der Waals surface area contributed by atoms with Crippen molar-refractivity contribution in [2.24, 2.45) is 5.92 Å². The van der Waals surface area contributed by atoms with Gasteiger partial charge >= 0.3 is 5.92 Å². The van der Waals surface area contributed by atoms with Crippen molar-refractivity contribution in [1.82, 2.24) is 35.4 Å². The molecule has 9 heteroatoms. The number of hydrogen-bond acceptors (Lipinski definition) is 5. The van der Waals surface area contributed by atoms with E-state index in [2.05, 4.69) is 44.6 Å². The summed E-state index contributed by atoms with van der Waals surface area (Å²) in [6, 6.07) is 16.0. The highest BCUT2D eigenvalue weighted by molar-refractivity contribution is 5.70. The number of nitrogens with zero attached hydrogens (tertiary/aromatic N) is 6. The van der Waals surface area contributed by atoms with Crippen LogP contribution in [0.25, 0.3) is 22.5 Å². The number of halogens is 2. The van der Waals surface area contributed by atoms with Gasteiger partial charge in [-0.15, -0.1) is 10.2 Å². The van der Waals surface area contributed by atoms with Crippen LogP contribution in [0.15, 0.2) is 48.5 Å². The number of rotatable bonds is 11. The average molecular weight is 480 g/mol.